The molecule has 2 heterocycles. The second kappa shape index (κ2) is 8.48. The van der Waals surface area contributed by atoms with Crippen LogP contribution >= 0.6 is 11.8 Å². The minimum atomic E-state index is -0.471. The molecule has 3 aromatic carbocycles. The number of likely N-dealkylation sites (N-methyl/N-ethyl adjacent to an activating group) is 1. The Kier molecular flexibility index (Phi) is 5.30. The molecule has 0 bridgehead atoms. The maximum Gasteiger partial charge on any atom is 0.252 e. The van der Waals surface area contributed by atoms with Gasteiger partial charge in [-0.2, -0.15) is 0 Å². The highest BCUT2D eigenvalue weighted by molar-refractivity contribution is 7.99. The first-order chi connectivity index (χ1) is 16.6. The Bertz CT molecular complexity index is 1450. The van der Waals surface area contributed by atoms with Gasteiger partial charge in [0.2, 0.25) is 0 Å². The summed E-state index contributed by atoms with van der Waals surface area (Å²) in [6.45, 7) is 0. The summed E-state index contributed by atoms with van der Waals surface area (Å²) in [6.07, 6.45) is 3.03. The highest BCUT2D eigenvalue weighted by atomic mass is 32.2. The predicted octanol–water partition coefficient (Wildman–Crippen LogP) is 5.78. The number of fused-ring (bicyclic) bond motifs is 2. The number of anilines is 1. The van der Waals surface area contributed by atoms with E-state index in [0.717, 1.165) is 35.5 Å². The number of carbonyl (C=O) groups is 1. The van der Waals surface area contributed by atoms with Gasteiger partial charge >= 0.3 is 0 Å². The maximum absolute atomic E-state index is 13.4. The first-order valence-electron chi connectivity index (χ1n) is 11.8. The maximum atomic E-state index is 13.4. The van der Waals surface area contributed by atoms with E-state index in [1.54, 1.807) is 34.3 Å². The zero-order valence-electron chi connectivity index (χ0n) is 19.1. The smallest absolute Gasteiger partial charge is 0.252 e. The van der Waals surface area contributed by atoms with E-state index < -0.39 is 6.04 Å². The van der Waals surface area contributed by atoms with Crippen LogP contribution in [0, 0.1) is 0 Å². The average molecular weight is 467 g/mol. The molecule has 1 amide bonds. The van der Waals surface area contributed by atoms with Gasteiger partial charge in [0.15, 0.2) is 0 Å². The van der Waals surface area contributed by atoms with E-state index in [1.807, 2.05) is 30.3 Å². The third-order valence-electron chi connectivity index (χ3n) is 7.03. The van der Waals surface area contributed by atoms with Crippen LogP contribution in [0.15, 0.2) is 88.7 Å². The minimum Gasteiger partial charge on any atom is -0.314 e. The van der Waals surface area contributed by atoms with Crippen molar-refractivity contribution < 1.29 is 4.79 Å². The fourth-order valence-electron chi connectivity index (χ4n) is 5.13. The first kappa shape index (κ1) is 21.2. The lowest BCUT2D eigenvalue weighted by molar-refractivity contribution is -0.120. The molecule has 6 rings (SSSR count). The molecule has 0 N–H and O–H groups in total. The van der Waals surface area contributed by atoms with Crippen LogP contribution in [0.25, 0.3) is 10.8 Å². The highest BCUT2D eigenvalue weighted by Gasteiger charge is 2.38. The number of pyridine rings is 1. The van der Waals surface area contributed by atoms with Crippen LogP contribution in [0.5, 0.6) is 0 Å². The monoisotopic (exact) mass is 466 g/mol. The Morgan fingerprint density at radius 3 is 2.50 bits per heavy atom. The summed E-state index contributed by atoms with van der Waals surface area (Å²) < 4.78 is 1.77. The zero-order valence-corrected chi connectivity index (χ0v) is 19.9. The largest absolute Gasteiger partial charge is 0.314 e. The topological polar surface area (TPSA) is 42.3 Å². The molecule has 4 nitrogen and oxygen atoms in total. The lowest BCUT2D eigenvalue weighted by Gasteiger charge is -2.23. The van der Waals surface area contributed by atoms with Gasteiger partial charge in [0.05, 0.1) is 5.03 Å². The summed E-state index contributed by atoms with van der Waals surface area (Å²) in [4.78, 5) is 28.5. The van der Waals surface area contributed by atoms with E-state index in [4.69, 9.17) is 0 Å². The summed E-state index contributed by atoms with van der Waals surface area (Å²) in [5, 5.41) is 3.46. The number of para-hydroxylation sites is 1. The SMILES string of the molecule is CN(C(=O)[C@@H]1CSc2c(C3CC3)c(Cc3cccc4ccccc34)cc(=O)n21)c1ccccc1. The standard InChI is InChI=1S/C29H26N2O2S/c1-30(23-11-3-2-4-12-23)28(33)25-18-34-29-27(20-14-15-20)22(17-26(32)31(25)29)16-21-10-7-9-19-8-5-6-13-24(19)21/h2-13,17,20,25H,14-16,18H2,1H3/t25-/m0/s1. The molecular weight excluding hydrogens is 440 g/mol. The molecule has 4 aromatic rings. The van der Waals surface area contributed by atoms with Crippen LogP contribution in [-0.4, -0.2) is 23.3 Å². The summed E-state index contributed by atoms with van der Waals surface area (Å²) in [7, 11) is 1.79. The molecule has 0 saturated heterocycles. The van der Waals surface area contributed by atoms with Gasteiger partial charge in [-0.25, -0.2) is 0 Å². The number of thioether (sulfide) groups is 1. The molecule has 0 spiro atoms. The summed E-state index contributed by atoms with van der Waals surface area (Å²) in [6, 6.07) is 25.8. The van der Waals surface area contributed by atoms with Crippen LogP contribution in [0.2, 0.25) is 0 Å². The Morgan fingerprint density at radius 1 is 0.971 bits per heavy atom. The molecule has 1 aliphatic carbocycles. The molecule has 1 aliphatic heterocycles. The van der Waals surface area contributed by atoms with Crippen molar-refractivity contribution in [2.45, 2.75) is 36.2 Å². The number of benzene rings is 3. The quantitative estimate of drug-likeness (QED) is 0.374. The number of amides is 1. The van der Waals surface area contributed by atoms with Gasteiger partial charge in [-0.3, -0.25) is 14.2 Å². The Balaban J connectivity index is 1.40. The van der Waals surface area contributed by atoms with Gasteiger partial charge in [-0.1, -0.05) is 60.7 Å². The normalized spacial score (nSPS) is 17.0. The molecule has 0 unspecified atom stereocenters. The van der Waals surface area contributed by atoms with Crippen molar-refractivity contribution in [1.29, 1.82) is 0 Å². The molecule has 1 fully saturated rings. The van der Waals surface area contributed by atoms with Gasteiger partial charge in [0.25, 0.3) is 11.5 Å². The molecule has 34 heavy (non-hydrogen) atoms. The third-order valence-corrected chi connectivity index (χ3v) is 8.20. The van der Waals surface area contributed by atoms with Crippen molar-refractivity contribution in [3.05, 3.63) is 106 Å². The molecule has 1 aromatic heterocycles. The molecule has 2 aliphatic rings. The second-order valence-corrected chi connectivity index (χ2v) is 10.3. The van der Waals surface area contributed by atoms with Crippen molar-refractivity contribution in [3.63, 3.8) is 0 Å². The highest BCUT2D eigenvalue weighted by Crippen LogP contribution is 2.49. The van der Waals surface area contributed by atoms with Crippen molar-refractivity contribution in [3.8, 4) is 0 Å². The number of hydrogen-bond acceptors (Lipinski definition) is 3. The van der Waals surface area contributed by atoms with E-state index in [9.17, 15) is 9.59 Å². The number of carbonyl (C=O) groups excluding carboxylic acids is 1. The molecule has 1 atom stereocenters. The predicted molar refractivity (Wildman–Crippen MR) is 139 cm³/mol. The summed E-state index contributed by atoms with van der Waals surface area (Å²) in [5.74, 6) is 1.05. The van der Waals surface area contributed by atoms with Crippen molar-refractivity contribution in [2.24, 2.45) is 0 Å². The third kappa shape index (κ3) is 3.64. The summed E-state index contributed by atoms with van der Waals surface area (Å²) >= 11 is 1.67. The minimum absolute atomic E-state index is 0.0388. The number of nitrogens with zero attached hydrogens (tertiary/aromatic N) is 2. The van der Waals surface area contributed by atoms with Crippen LogP contribution in [-0.2, 0) is 11.2 Å². The molecule has 170 valence electrons. The number of rotatable bonds is 5. The van der Waals surface area contributed by atoms with Crippen LogP contribution in [0.3, 0.4) is 0 Å². The lowest BCUT2D eigenvalue weighted by Crippen LogP contribution is -2.38. The Labute approximate surface area is 203 Å². The Morgan fingerprint density at radius 2 is 1.71 bits per heavy atom. The Hall–Kier alpha value is -3.31. The van der Waals surface area contributed by atoms with Gasteiger partial charge < -0.3 is 4.90 Å². The van der Waals surface area contributed by atoms with Gasteiger partial charge in [-0.05, 0) is 64.8 Å². The van der Waals surface area contributed by atoms with Crippen LogP contribution in [0.1, 0.15) is 41.5 Å². The van der Waals surface area contributed by atoms with Crippen molar-refractivity contribution in [2.75, 3.05) is 17.7 Å². The van der Waals surface area contributed by atoms with Gasteiger partial charge in [0.1, 0.15) is 6.04 Å². The van der Waals surface area contributed by atoms with E-state index >= 15 is 0 Å². The lowest BCUT2D eigenvalue weighted by atomic mass is 9.95. The fourth-order valence-corrected chi connectivity index (χ4v) is 6.55. The molecule has 0 radical (unpaired) electrons. The molecule has 5 heteroatoms. The van der Waals surface area contributed by atoms with Crippen LogP contribution < -0.4 is 10.5 Å². The van der Waals surface area contributed by atoms with Crippen LogP contribution in [0.4, 0.5) is 5.69 Å². The average Bonchev–Trinajstić information content (AvgIpc) is 3.61. The molecule has 1 saturated carbocycles. The van der Waals surface area contributed by atoms with E-state index in [-0.39, 0.29) is 11.5 Å². The fraction of sp³-hybridized carbons (Fsp3) is 0.241. The van der Waals surface area contributed by atoms with Gasteiger partial charge in [0, 0.05) is 24.6 Å². The summed E-state index contributed by atoms with van der Waals surface area (Å²) in [5.41, 5.74) is 4.42. The number of aromatic nitrogens is 1. The van der Waals surface area contributed by atoms with Gasteiger partial charge in [-0.15, -0.1) is 11.8 Å². The van der Waals surface area contributed by atoms with E-state index in [0.29, 0.717) is 11.7 Å². The van der Waals surface area contributed by atoms with E-state index in [2.05, 4.69) is 42.5 Å². The first-order valence-corrected chi connectivity index (χ1v) is 12.8. The number of hydrogen-bond donors (Lipinski definition) is 0. The molecular formula is C29H26N2O2S. The van der Waals surface area contributed by atoms with Crippen molar-refractivity contribution >= 4 is 34.1 Å². The second-order valence-electron chi connectivity index (χ2n) is 9.25. The van der Waals surface area contributed by atoms with E-state index in [1.165, 1.54) is 21.9 Å². The zero-order chi connectivity index (χ0) is 23.2. The van der Waals surface area contributed by atoms with Crippen molar-refractivity contribution in [1.82, 2.24) is 4.57 Å².